The number of nitrogens with one attached hydrogen (secondary N) is 1. The molecular formula is C21H24N2O4S. The van der Waals surface area contributed by atoms with Gasteiger partial charge in [-0.1, -0.05) is 42.5 Å². The highest BCUT2D eigenvalue weighted by Crippen LogP contribution is 2.28. The molecule has 0 aromatic heterocycles. The maximum atomic E-state index is 12.9. The third-order valence-corrected chi connectivity index (χ3v) is 7.28. The molecule has 0 unspecified atom stereocenters. The Labute approximate surface area is 165 Å². The summed E-state index contributed by atoms with van der Waals surface area (Å²) in [5.41, 5.74) is 3.11. The van der Waals surface area contributed by atoms with Crippen LogP contribution in [0.3, 0.4) is 0 Å². The van der Waals surface area contributed by atoms with Gasteiger partial charge in [-0.25, -0.2) is 8.42 Å². The average Bonchev–Trinajstić information content (AvgIpc) is 3.14. The number of ether oxygens (including phenoxy) is 1. The quantitative estimate of drug-likeness (QED) is 0.832. The first kappa shape index (κ1) is 19.0. The molecule has 2 atom stereocenters. The fraction of sp³-hybridized carbons (Fsp3) is 0.381. The van der Waals surface area contributed by atoms with Gasteiger partial charge in [0.2, 0.25) is 15.9 Å². The van der Waals surface area contributed by atoms with E-state index in [2.05, 4.69) is 5.32 Å². The summed E-state index contributed by atoms with van der Waals surface area (Å²) in [4.78, 5) is 12.9. The van der Waals surface area contributed by atoms with Gasteiger partial charge in [-0.3, -0.25) is 4.79 Å². The Balaban J connectivity index is 1.47. The maximum absolute atomic E-state index is 12.9. The molecular weight excluding hydrogens is 376 g/mol. The molecule has 28 heavy (non-hydrogen) atoms. The summed E-state index contributed by atoms with van der Waals surface area (Å²) in [7, 11) is -3.50. The van der Waals surface area contributed by atoms with Gasteiger partial charge >= 0.3 is 0 Å². The first-order valence-corrected chi connectivity index (χ1v) is 11.2. The molecule has 0 aliphatic carbocycles. The minimum atomic E-state index is -3.50. The van der Waals surface area contributed by atoms with E-state index in [-0.39, 0.29) is 24.3 Å². The zero-order valence-electron chi connectivity index (χ0n) is 15.8. The molecule has 0 saturated carbocycles. The van der Waals surface area contributed by atoms with Crippen molar-refractivity contribution in [2.45, 2.75) is 38.5 Å². The highest BCUT2D eigenvalue weighted by atomic mass is 32.2. The van der Waals surface area contributed by atoms with Crippen LogP contribution in [0, 0.1) is 0 Å². The second-order valence-corrected chi connectivity index (χ2v) is 9.44. The van der Waals surface area contributed by atoms with Gasteiger partial charge in [-0.2, -0.15) is 4.31 Å². The molecule has 6 nitrogen and oxygen atoms in total. The van der Waals surface area contributed by atoms with E-state index in [0.717, 1.165) is 28.9 Å². The van der Waals surface area contributed by atoms with E-state index in [1.54, 1.807) is 6.92 Å². The predicted molar refractivity (Wildman–Crippen MR) is 107 cm³/mol. The van der Waals surface area contributed by atoms with E-state index in [9.17, 15) is 13.2 Å². The number of hydrogen-bond donors (Lipinski definition) is 1. The van der Waals surface area contributed by atoms with Gasteiger partial charge < -0.3 is 10.1 Å². The second kappa shape index (κ2) is 7.56. The number of rotatable bonds is 5. The largest absolute Gasteiger partial charge is 0.488 e. The molecule has 0 fully saturated rings. The SMILES string of the molecule is CCS(=O)(=O)N1Cc2ccccc2C[C@@H]1C(=O)NC[C@@H]1Cc2ccccc2O1. The highest BCUT2D eigenvalue weighted by Gasteiger charge is 2.38. The van der Waals surface area contributed by atoms with E-state index >= 15 is 0 Å². The summed E-state index contributed by atoms with van der Waals surface area (Å²) in [5, 5.41) is 2.92. The smallest absolute Gasteiger partial charge is 0.238 e. The van der Waals surface area contributed by atoms with E-state index in [0.29, 0.717) is 13.0 Å². The third kappa shape index (κ3) is 3.64. The van der Waals surface area contributed by atoms with Crippen LogP contribution in [0.1, 0.15) is 23.6 Å². The molecule has 0 saturated heterocycles. The Morgan fingerprint density at radius 2 is 1.75 bits per heavy atom. The molecule has 2 aromatic carbocycles. The lowest BCUT2D eigenvalue weighted by Crippen LogP contribution is -2.53. The third-order valence-electron chi connectivity index (χ3n) is 5.45. The van der Waals surface area contributed by atoms with Gasteiger partial charge in [0, 0.05) is 13.0 Å². The molecule has 1 amide bonds. The number of amides is 1. The zero-order valence-corrected chi connectivity index (χ0v) is 16.6. The summed E-state index contributed by atoms with van der Waals surface area (Å²) in [6.07, 6.45) is 0.988. The van der Waals surface area contributed by atoms with Crippen LogP contribution in [0.5, 0.6) is 5.75 Å². The number of sulfonamides is 1. The van der Waals surface area contributed by atoms with Gasteiger partial charge in [-0.15, -0.1) is 0 Å². The first-order chi connectivity index (χ1) is 13.5. The molecule has 1 N–H and O–H groups in total. The van der Waals surface area contributed by atoms with Gasteiger partial charge in [-0.05, 0) is 36.1 Å². The number of benzene rings is 2. The lowest BCUT2D eigenvalue weighted by atomic mass is 9.95. The Hall–Kier alpha value is -2.38. The van der Waals surface area contributed by atoms with Crippen LogP contribution >= 0.6 is 0 Å². The number of carbonyl (C=O) groups is 1. The van der Waals surface area contributed by atoms with Crippen LogP contribution in [-0.2, 0) is 34.2 Å². The highest BCUT2D eigenvalue weighted by molar-refractivity contribution is 7.89. The standard InChI is InChI=1S/C21H24N2O4S/c1-2-28(25,26)23-14-17-9-4-3-7-15(17)12-19(23)21(24)22-13-18-11-16-8-5-6-10-20(16)27-18/h3-10,18-19H,2,11-14H2,1H3,(H,22,24)/t18-,19+/m0/s1. The molecule has 2 aromatic rings. The summed E-state index contributed by atoms with van der Waals surface area (Å²) in [6, 6.07) is 14.8. The molecule has 148 valence electrons. The molecule has 2 aliphatic rings. The topological polar surface area (TPSA) is 75.7 Å². The summed E-state index contributed by atoms with van der Waals surface area (Å²) in [6.45, 7) is 2.19. The van der Waals surface area contributed by atoms with Crippen molar-refractivity contribution in [1.29, 1.82) is 0 Å². The van der Waals surface area contributed by atoms with E-state index < -0.39 is 16.1 Å². The average molecular weight is 401 g/mol. The van der Waals surface area contributed by atoms with Gasteiger partial charge in [0.1, 0.15) is 17.9 Å². The molecule has 4 rings (SSSR count). The van der Waals surface area contributed by atoms with Crippen molar-refractivity contribution < 1.29 is 17.9 Å². The summed E-state index contributed by atoms with van der Waals surface area (Å²) >= 11 is 0. The number of fused-ring (bicyclic) bond motifs is 2. The van der Waals surface area contributed by atoms with Crippen LogP contribution in [-0.4, -0.2) is 43.1 Å². The van der Waals surface area contributed by atoms with E-state index in [1.807, 2.05) is 48.5 Å². The Bertz CT molecular complexity index is 964. The van der Waals surface area contributed by atoms with E-state index in [4.69, 9.17) is 4.74 Å². The zero-order chi connectivity index (χ0) is 19.7. The monoisotopic (exact) mass is 400 g/mol. The number of hydrogen-bond acceptors (Lipinski definition) is 4. The first-order valence-electron chi connectivity index (χ1n) is 9.56. The second-order valence-electron chi connectivity index (χ2n) is 7.23. The van der Waals surface area contributed by atoms with Crippen molar-refractivity contribution in [3.8, 4) is 5.75 Å². The lowest BCUT2D eigenvalue weighted by molar-refractivity contribution is -0.125. The molecule has 2 heterocycles. The summed E-state index contributed by atoms with van der Waals surface area (Å²) in [5.74, 6) is 0.551. The molecule has 0 radical (unpaired) electrons. The van der Waals surface area contributed by atoms with Crippen molar-refractivity contribution >= 4 is 15.9 Å². The van der Waals surface area contributed by atoms with Crippen LogP contribution in [0.4, 0.5) is 0 Å². The van der Waals surface area contributed by atoms with Crippen LogP contribution in [0.2, 0.25) is 0 Å². The Kier molecular flexibility index (Phi) is 5.12. The molecule has 0 bridgehead atoms. The van der Waals surface area contributed by atoms with Crippen LogP contribution in [0.15, 0.2) is 48.5 Å². The van der Waals surface area contributed by atoms with Crippen molar-refractivity contribution in [1.82, 2.24) is 9.62 Å². The Morgan fingerprint density at radius 3 is 2.46 bits per heavy atom. The fourth-order valence-electron chi connectivity index (χ4n) is 3.88. The number of carbonyl (C=O) groups excluding carboxylic acids is 1. The van der Waals surface area contributed by atoms with Crippen molar-refractivity contribution in [2.75, 3.05) is 12.3 Å². The molecule has 2 aliphatic heterocycles. The van der Waals surface area contributed by atoms with Crippen LogP contribution in [0.25, 0.3) is 0 Å². The fourth-order valence-corrected chi connectivity index (χ4v) is 5.11. The lowest BCUT2D eigenvalue weighted by Gasteiger charge is -2.35. The maximum Gasteiger partial charge on any atom is 0.238 e. The van der Waals surface area contributed by atoms with Crippen molar-refractivity contribution in [3.63, 3.8) is 0 Å². The number of para-hydroxylation sites is 1. The van der Waals surface area contributed by atoms with Crippen molar-refractivity contribution in [2.24, 2.45) is 0 Å². The molecule has 7 heteroatoms. The Morgan fingerprint density at radius 1 is 1.07 bits per heavy atom. The number of nitrogens with zero attached hydrogens (tertiary/aromatic N) is 1. The minimum Gasteiger partial charge on any atom is -0.488 e. The normalized spacial score (nSPS) is 21.5. The van der Waals surface area contributed by atoms with Gasteiger partial charge in [0.25, 0.3) is 0 Å². The minimum absolute atomic E-state index is 0.0278. The van der Waals surface area contributed by atoms with Crippen LogP contribution < -0.4 is 10.1 Å². The molecule has 0 spiro atoms. The summed E-state index contributed by atoms with van der Waals surface area (Å²) < 4.78 is 32.4. The van der Waals surface area contributed by atoms with Crippen molar-refractivity contribution in [3.05, 3.63) is 65.2 Å². The van der Waals surface area contributed by atoms with E-state index in [1.165, 1.54) is 4.31 Å². The van der Waals surface area contributed by atoms with Gasteiger partial charge in [0.15, 0.2) is 0 Å². The van der Waals surface area contributed by atoms with Gasteiger partial charge in [0.05, 0.1) is 12.3 Å². The predicted octanol–water partition coefficient (Wildman–Crippen LogP) is 1.88.